The fraction of sp³-hybridized carbons (Fsp3) is 0.500. The van der Waals surface area contributed by atoms with Gasteiger partial charge in [0.1, 0.15) is 12.6 Å². The van der Waals surface area contributed by atoms with E-state index in [1.165, 1.54) is 19.1 Å². The molecule has 1 saturated heterocycles. The van der Waals surface area contributed by atoms with Crippen molar-refractivity contribution < 1.29 is 19.2 Å². The average molecular weight is 321 g/mol. The maximum Gasteiger partial charge on any atom is 0.410 e. The van der Waals surface area contributed by atoms with Gasteiger partial charge in [0.05, 0.1) is 7.11 Å². The zero-order valence-electron chi connectivity index (χ0n) is 13.8. The van der Waals surface area contributed by atoms with E-state index in [-0.39, 0.29) is 12.5 Å². The van der Waals surface area contributed by atoms with Crippen molar-refractivity contribution in [3.8, 4) is 0 Å². The third kappa shape index (κ3) is 4.43. The van der Waals surface area contributed by atoms with Crippen molar-refractivity contribution in [2.24, 2.45) is 0 Å². The Morgan fingerprint density at radius 1 is 1.26 bits per heavy atom. The van der Waals surface area contributed by atoms with Crippen LogP contribution in [-0.4, -0.2) is 73.7 Å². The van der Waals surface area contributed by atoms with Gasteiger partial charge in [0.2, 0.25) is 0 Å². The summed E-state index contributed by atoms with van der Waals surface area (Å²) < 4.78 is 5.35. The van der Waals surface area contributed by atoms with Crippen LogP contribution < -0.4 is 0 Å². The lowest BCUT2D eigenvalue weighted by Gasteiger charge is -2.39. The summed E-state index contributed by atoms with van der Waals surface area (Å²) >= 11 is 0. The van der Waals surface area contributed by atoms with Crippen LogP contribution in [0.15, 0.2) is 30.3 Å². The van der Waals surface area contributed by atoms with Gasteiger partial charge in [-0.15, -0.1) is 0 Å². The van der Waals surface area contributed by atoms with Crippen molar-refractivity contribution in [1.82, 2.24) is 14.9 Å². The number of hydrogen-bond acceptors (Lipinski definition) is 5. The Morgan fingerprint density at radius 2 is 1.96 bits per heavy atom. The van der Waals surface area contributed by atoms with Crippen molar-refractivity contribution in [3.05, 3.63) is 35.9 Å². The minimum Gasteiger partial charge on any atom is -0.445 e. The number of nitrogens with zero attached hydrogens (tertiary/aromatic N) is 3. The lowest BCUT2D eigenvalue weighted by atomic mass is 10.1. The number of ether oxygens (including phenoxy) is 1. The highest BCUT2D eigenvalue weighted by Crippen LogP contribution is 2.14. The molecule has 0 aromatic heterocycles. The first-order valence-corrected chi connectivity index (χ1v) is 7.50. The van der Waals surface area contributed by atoms with E-state index in [1.807, 2.05) is 42.3 Å². The van der Waals surface area contributed by atoms with E-state index >= 15 is 0 Å². The summed E-state index contributed by atoms with van der Waals surface area (Å²) in [5, 5.41) is 1.14. The van der Waals surface area contributed by atoms with Crippen molar-refractivity contribution in [2.45, 2.75) is 12.6 Å². The molecule has 1 aromatic rings. The average Bonchev–Trinajstić information content (AvgIpc) is 2.59. The summed E-state index contributed by atoms with van der Waals surface area (Å²) in [5.41, 5.74) is 0.909. The first-order valence-electron chi connectivity index (χ1n) is 7.50. The summed E-state index contributed by atoms with van der Waals surface area (Å²) in [7, 11) is 4.87. The van der Waals surface area contributed by atoms with Crippen molar-refractivity contribution >= 4 is 12.0 Å². The van der Waals surface area contributed by atoms with Crippen LogP contribution in [0.3, 0.4) is 0 Å². The number of rotatable bonds is 4. The van der Waals surface area contributed by atoms with Crippen LogP contribution in [0.25, 0.3) is 0 Å². The molecule has 2 rings (SSSR count). The maximum absolute atomic E-state index is 12.4. The molecule has 0 radical (unpaired) electrons. The molecule has 0 unspecified atom stereocenters. The predicted molar refractivity (Wildman–Crippen MR) is 84.4 cm³/mol. The summed E-state index contributed by atoms with van der Waals surface area (Å²) in [6.45, 7) is 1.78. The van der Waals surface area contributed by atoms with Crippen molar-refractivity contribution in [2.75, 3.05) is 40.8 Å². The number of hydroxylamine groups is 2. The van der Waals surface area contributed by atoms with Crippen LogP contribution >= 0.6 is 0 Å². The Bertz CT molecular complexity index is 537. The monoisotopic (exact) mass is 321 g/mol. The lowest BCUT2D eigenvalue weighted by Crippen LogP contribution is -2.59. The van der Waals surface area contributed by atoms with E-state index in [1.54, 1.807) is 0 Å². The number of hydrogen-bond donors (Lipinski definition) is 0. The molecule has 0 spiro atoms. The van der Waals surface area contributed by atoms with Gasteiger partial charge in [-0.05, 0) is 12.6 Å². The number of amides is 2. The van der Waals surface area contributed by atoms with Gasteiger partial charge >= 0.3 is 6.09 Å². The zero-order chi connectivity index (χ0) is 16.8. The van der Waals surface area contributed by atoms with Crippen LogP contribution in [0.4, 0.5) is 4.79 Å². The summed E-state index contributed by atoms with van der Waals surface area (Å²) in [6, 6.07) is 8.85. The highest BCUT2D eigenvalue weighted by atomic mass is 16.7. The Hall–Kier alpha value is -2.12. The number of carbonyl (C=O) groups is 2. The molecule has 0 bridgehead atoms. The Kier molecular flexibility index (Phi) is 5.95. The molecule has 23 heavy (non-hydrogen) atoms. The lowest BCUT2D eigenvalue weighted by molar-refractivity contribution is -0.175. The third-order valence-corrected chi connectivity index (χ3v) is 3.89. The van der Waals surface area contributed by atoms with Crippen LogP contribution in [0, 0.1) is 0 Å². The largest absolute Gasteiger partial charge is 0.445 e. The molecule has 7 heteroatoms. The Balaban J connectivity index is 2.02. The van der Waals surface area contributed by atoms with E-state index in [2.05, 4.69) is 0 Å². The predicted octanol–water partition coefficient (Wildman–Crippen LogP) is 0.959. The second kappa shape index (κ2) is 7.94. The van der Waals surface area contributed by atoms with Gasteiger partial charge in [-0.3, -0.25) is 14.5 Å². The highest BCUT2D eigenvalue weighted by Gasteiger charge is 2.37. The van der Waals surface area contributed by atoms with Gasteiger partial charge in [-0.25, -0.2) is 9.86 Å². The zero-order valence-corrected chi connectivity index (χ0v) is 13.8. The molecule has 2 amide bonds. The minimum atomic E-state index is -0.609. The maximum atomic E-state index is 12.4. The normalized spacial score (nSPS) is 18.6. The number of benzene rings is 1. The first kappa shape index (κ1) is 17.2. The van der Waals surface area contributed by atoms with Gasteiger partial charge < -0.3 is 9.64 Å². The summed E-state index contributed by atoms with van der Waals surface area (Å²) in [5.74, 6) is -0.268. The molecular formula is C16H23N3O4. The first-order chi connectivity index (χ1) is 11.0. The van der Waals surface area contributed by atoms with Gasteiger partial charge in [-0.1, -0.05) is 30.3 Å². The molecule has 126 valence electrons. The quantitative estimate of drug-likeness (QED) is 0.773. The molecular weight excluding hydrogens is 298 g/mol. The van der Waals surface area contributed by atoms with Gasteiger partial charge in [0.25, 0.3) is 5.91 Å². The van der Waals surface area contributed by atoms with E-state index < -0.39 is 12.1 Å². The molecule has 0 aliphatic carbocycles. The molecule has 7 nitrogen and oxygen atoms in total. The van der Waals surface area contributed by atoms with Gasteiger partial charge in [0.15, 0.2) is 0 Å². The second-order valence-corrected chi connectivity index (χ2v) is 5.53. The van der Waals surface area contributed by atoms with Crippen LogP contribution in [0.5, 0.6) is 0 Å². The molecule has 1 aliphatic rings. The third-order valence-electron chi connectivity index (χ3n) is 3.89. The van der Waals surface area contributed by atoms with Crippen LogP contribution in [-0.2, 0) is 21.0 Å². The van der Waals surface area contributed by atoms with Crippen molar-refractivity contribution in [1.29, 1.82) is 0 Å². The molecule has 0 N–H and O–H groups in total. The smallest absolute Gasteiger partial charge is 0.410 e. The second-order valence-electron chi connectivity index (χ2n) is 5.53. The minimum absolute atomic E-state index is 0.188. The molecule has 1 aromatic carbocycles. The molecule has 1 atom stereocenters. The summed E-state index contributed by atoms with van der Waals surface area (Å²) in [4.78, 5) is 33.2. The van der Waals surface area contributed by atoms with Crippen LogP contribution in [0.1, 0.15) is 5.56 Å². The van der Waals surface area contributed by atoms with E-state index in [4.69, 9.17) is 9.57 Å². The topological polar surface area (TPSA) is 62.3 Å². The van der Waals surface area contributed by atoms with E-state index in [0.29, 0.717) is 19.6 Å². The van der Waals surface area contributed by atoms with Gasteiger partial charge in [-0.2, -0.15) is 0 Å². The Labute approximate surface area is 136 Å². The molecule has 1 aliphatic heterocycles. The number of likely N-dealkylation sites (N-methyl/N-ethyl adjacent to an activating group) is 2. The van der Waals surface area contributed by atoms with E-state index in [0.717, 1.165) is 10.6 Å². The Morgan fingerprint density at radius 3 is 2.61 bits per heavy atom. The summed E-state index contributed by atoms with van der Waals surface area (Å²) in [6.07, 6.45) is -0.482. The number of carbonyl (C=O) groups excluding carboxylic acids is 2. The van der Waals surface area contributed by atoms with Crippen molar-refractivity contribution in [3.63, 3.8) is 0 Å². The molecule has 0 saturated carbocycles. The standard InChI is InChI=1S/C16H23N3O4/c1-17-9-10-19(14(11-17)15(20)18(2)22-3)16(21)23-12-13-7-5-4-6-8-13/h4-8,14H,9-12H2,1-3H3/t14-/m0/s1. The number of piperazine rings is 1. The van der Waals surface area contributed by atoms with E-state index in [9.17, 15) is 9.59 Å². The van der Waals surface area contributed by atoms with Crippen LogP contribution in [0.2, 0.25) is 0 Å². The molecule has 1 fully saturated rings. The fourth-order valence-electron chi connectivity index (χ4n) is 2.45. The fourth-order valence-corrected chi connectivity index (χ4v) is 2.45. The molecule has 1 heterocycles. The van der Waals surface area contributed by atoms with Gasteiger partial charge in [0, 0.05) is 26.7 Å². The SMILES string of the molecule is CON(C)C(=O)[C@@H]1CN(C)CCN1C(=O)OCc1ccccc1. The highest BCUT2D eigenvalue weighted by molar-refractivity contribution is 5.85.